The van der Waals surface area contributed by atoms with Crippen molar-refractivity contribution in [3.8, 4) is 5.75 Å². The molecule has 3 heterocycles. The fraction of sp³-hybridized carbons (Fsp3) is 0.368. The molecule has 6 N–H and O–H groups in total. The van der Waals surface area contributed by atoms with Crippen molar-refractivity contribution in [1.82, 2.24) is 19.5 Å². The molecule has 2 aromatic heterocycles. The number of aromatic nitrogens is 4. The quantitative estimate of drug-likeness (QED) is 0.251. The smallest absolute Gasteiger partial charge is 0.228 e. The molecular weight excluding hydrogens is 406 g/mol. The van der Waals surface area contributed by atoms with Gasteiger partial charge in [-0.25, -0.2) is 20.4 Å². The molecule has 4 rings (SSSR count). The maximum absolute atomic E-state index is 10.5. The topological polar surface area (TPSA) is 173 Å². The van der Waals surface area contributed by atoms with E-state index in [0.717, 1.165) is 5.56 Å². The van der Waals surface area contributed by atoms with Crippen molar-refractivity contribution < 1.29 is 24.8 Å². The third-order valence-corrected chi connectivity index (χ3v) is 4.82. The molecule has 1 aliphatic rings. The number of nitrogens with one attached hydrogen (secondary N) is 1. The minimum atomic E-state index is -1.34. The Bertz CT molecular complexity index is 1090. The largest absolute Gasteiger partial charge is 0.494 e. The zero-order valence-electron chi connectivity index (χ0n) is 16.7. The summed E-state index contributed by atoms with van der Waals surface area (Å²) in [7, 11) is 0. The summed E-state index contributed by atoms with van der Waals surface area (Å²) in [6.45, 7) is 1.99. The van der Waals surface area contributed by atoms with Gasteiger partial charge in [-0.15, -0.1) is 0 Å². The third kappa shape index (κ3) is 4.01. The number of imidazole rings is 1. The fourth-order valence-electron chi connectivity index (χ4n) is 3.36. The van der Waals surface area contributed by atoms with Crippen LogP contribution in [0.3, 0.4) is 0 Å². The van der Waals surface area contributed by atoms with E-state index < -0.39 is 31.1 Å². The Labute approximate surface area is 177 Å². The van der Waals surface area contributed by atoms with Crippen LogP contribution in [0.25, 0.3) is 11.2 Å². The van der Waals surface area contributed by atoms with Crippen LogP contribution >= 0.6 is 0 Å². The van der Waals surface area contributed by atoms with Crippen molar-refractivity contribution in [2.24, 2.45) is 5.10 Å². The Morgan fingerprint density at radius 3 is 2.90 bits per heavy atom. The summed E-state index contributed by atoms with van der Waals surface area (Å²) in [4.78, 5) is 12.5. The maximum Gasteiger partial charge on any atom is 0.228 e. The van der Waals surface area contributed by atoms with Crippen LogP contribution < -0.4 is 15.9 Å². The highest BCUT2D eigenvalue weighted by molar-refractivity contribution is 5.84. The normalized spacial score (nSPS) is 23.6. The number of hydrazone groups is 1. The molecule has 4 atom stereocenters. The Morgan fingerprint density at radius 1 is 1.32 bits per heavy atom. The Hall–Kier alpha value is -3.32. The molecule has 0 unspecified atom stereocenters. The number of benzene rings is 1. The molecule has 0 radical (unpaired) electrons. The summed E-state index contributed by atoms with van der Waals surface area (Å²) in [5.74, 6) is 1.01. The Kier molecular flexibility index (Phi) is 5.95. The number of anilines is 2. The number of ether oxygens (including phenoxy) is 2. The highest BCUT2D eigenvalue weighted by Crippen LogP contribution is 2.35. The van der Waals surface area contributed by atoms with E-state index in [0.29, 0.717) is 12.4 Å². The highest BCUT2D eigenvalue weighted by atomic mass is 16.6. The molecular formula is C19H23N7O5. The van der Waals surface area contributed by atoms with Gasteiger partial charge in [0.05, 0.1) is 19.4 Å². The molecule has 12 nitrogen and oxygen atoms in total. The number of nitrogens with two attached hydrogens (primary N) is 1. The fourth-order valence-corrected chi connectivity index (χ4v) is 3.36. The van der Waals surface area contributed by atoms with Gasteiger partial charge in [0.1, 0.15) is 30.4 Å². The van der Waals surface area contributed by atoms with Crippen LogP contribution in [0.15, 0.2) is 35.7 Å². The van der Waals surface area contributed by atoms with Gasteiger partial charge in [0.25, 0.3) is 0 Å². The van der Waals surface area contributed by atoms with Crippen LogP contribution in [-0.4, -0.2) is 72.6 Å². The summed E-state index contributed by atoms with van der Waals surface area (Å²) in [6.07, 6.45) is -1.84. The number of hydrogen-bond acceptors (Lipinski definition) is 11. The van der Waals surface area contributed by atoms with Crippen LogP contribution in [-0.2, 0) is 4.74 Å². The van der Waals surface area contributed by atoms with Crippen molar-refractivity contribution in [3.05, 3.63) is 36.2 Å². The van der Waals surface area contributed by atoms with E-state index in [2.05, 4.69) is 25.5 Å². The second-order valence-electron chi connectivity index (χ2n) is 6.84. The summed E-state index contributed by atoms with van der Waals surface area (Å²) in [5, 5.41) is 34.2. The Morgan fingerprint density at radius 2 is 2.16 bits per heavy atom. The molecule has 1 aromatic carbocycles. The summed E-state index contributed by atoms with van der Waals surface area (Å²) >= 11 is 0. The van der Waals surface area contributed by atoms with Gasteiger partial charge in [-0.2, -0.15) is 5.10 Å². The second-order valence-corrected chi connectivity index (χ2v) is 6.84. The molecule has 31 heavy (non-hydrogen) atoms. The van der Waals surface area contributed by atoms with Gasteiger partial charge in [-0.05, 0) is 24.6 Å². The molecule has 0 amide bonds. The average molecular weight is 429 g/mol. The van der Waals surface area contributed by atoms with Crippen LogP contribution in [0.1, 0.15) is 18.7 Å². The van der Waals surface area contributed by atoms with Crippen molar-refractivity contribution in [2.75, 3.05) is 24.4 Å². The summed E-state index contributed by atoms with van der Waals surface area (Å²) < 4.78 is 12.5. The first-order valence-corrected chi connectivity index (χ1v) is 9.66. The van der Waals surface area contributed by atoms with E-state index in [-0.39, 0.29) is 22.9 Å². The number of nitrogen functional groups attached to an aromatic ring is 1. The number of nitrogens with zero attached hydrogens (tertiary/aromatic N) is 5. The van der Waals surface area contributed by atoms with Gasteiger partial charge < -0.3 is 30.5 Å². The zero-order valence-corrected chi connectivity index (χ0v) is 16.7. The first kappa shape index (κ1) is 20.9. The first-order chi connectivity index (χ1) is 15.0. The summed E-state index contributed by atoms with van der Waals surface area (Å²) in [6, 6.07) is 7.37. The number of aliphatic hydroxyl groups excluding tert-OH is 3. The predicted octanol–water partition coefficient (Wildman–Crippen LogP) is -0.135. The molecule has 3 aromatic rings. The zero-order chi connectivity index (χ0) is 22.0. The Balaban J connectivity index is 1.67. The number of aliphatic hydroxyl groups is 3. The van der Waals surface area contributed by atoms with Crippen molar-refractivity contribution in [1.29, 1.82) is 0 Å². The molecule has 0 saturated carbocycles. The van der Waals surface area contributed by atoms with Gasteiger partial charge >= 0.3 is 0 Å². The SMILES string of the molecule is CCOc1cccc(/C=N\Nc2nc3c(N)ncnc3n2[C@@H]2O[C@H](CO)[C@@H](O)[C@H]2O)c1. The van der Waals surface area contributed by atoms with Crippen LogP contribution in [0.4, 0.5) is 11.8 Å². The maximum atomic E-state index is 10.5. The number of rotatable bonds is 7. The van der Waals surface area contributed by atoms with Crippen molar-refractivity contribution in [3.63, 3.8) is 0 Å². The lowest BCUT2D eigenvalue weighted by Gasteiger charge is -2.18. The second kappa shape index (κ2) is 8.81. The lowest BCUT2D eigenvalue weighted by molar-refractivity contribution is -0.0501. The molecule has 0 bridgehead atoms. The molecule has 1 aliphatic heterocycles. The highest BCUT2D eigenvalue weighted by Gasteiger charge is 2.45. The third-order valence-electron chi connectivity index (χ3n) is 4.82. The lowest BCUT2D eigenvalue weighted by atomic mass is 10.1. The van der Waals surface area contributed by atoms with E-state index in [1.807, 2.05) is 31.2 Å². The van der Waals surface area contributed by atoms with E-state index in [1.165, 1.54) is 10.9 Å². The van der Waals surface area contributed by atoms with Crippen molar-refractivity contribution in [2.45, 2.75) is 31.5 Å². The first-order valence-electron chi connectivity index (χ1n) is 9.66. The van der Waals surface area contributed by atoms with Gasteiger partial charge in [-0.3, -0.25) is 4.57 Å². The summed E-state index contributed by atoms with van der Waals surface area (Å²) in [5.41, 5.74) is 10.1. The molecule has 1 fully saturated rings. The van der Waals surface area contributed by atoms with E-state index in [9.17, 15) is 15.3 Å². The van der Waals surface area contributed by atoms with E-state index in [4.69, 9.17) is 15.2 Å². The standard InChI is InChI=1S/C19H23N7O5/c1-2-30-11-5-3-4-10(6-11)7-23-25-19-24-13-16(20)21-9-22-17(13)26(19)18-15(29)14(28)12(8-27)31-18/h3-7,9,12,14-15,18,27-29H,2,8H2,1H3,(H,24,25)(H2,20,21,22)/b23-7-/t12-,14-,15-,18-/m1/s1. The van der Waals surface area contributed by atoms with Gasteiger partial charge in [-0.1, -0.05) is 12.1 Å². The van der Waals surface area contributed by atoms with Crippen LogP contribution in [0.2, 0.25) is 0 Å². The minimum Gasteiger partial charge on any atom is -0.494 e. The van der Waals surface area contributed by atoms with Gasteiger partial charge in [0.15, 0.2) is 23.2 Å². The predicted molar refractivity (Wildman–Crippen MR) is 112 cm³/mol. The molecule has 0 spiro atoms. The number of fused-ring (bicyclic) bond motifs is 1. The number of hydrogen-bond donors (Lipinski definition) is 5. The lowest BCUT2D eigenvalue weighted by Crippen LogP contribution is -2.33. The minimum absolute atomic E-state index is 0.131. The molecule has 12 heteroatoms. The van der Waals surface area contributed by atoms with Gasteiger partial charge in [0.2, 0.25) is 5.95 Å². The van der Waals surface area contributed by atoms with Crippen molar-refractivity contribution >= 4 is 29.1 Å². The monoisotopic (exact) mass is 429 g/mol. The van der Waals surface area contributed by atoms with Crippen LogP contribution in [0, 0.1) is 0 Å². The molecule has 1 saturated heterocycles. The van der Waals surface area contributed by atoms with Gasteiger partial charge in [0, 0.05) is 0 Å². The molecule has 0 aliphatic carbocycles. The van der Waals surface area contributed by atoms with Crippen LogP contribution in [0.5, 0.6) is 5.75 Å². The average Bonchev–Trinajstić information content (AvgIpc) is 3.27. The molecule has 164 valence electrons. The van der Waals surface area contributed by atoms with E-state index in [1.54, 1.807) is 6.21 Å². The van der Waals surface area contributed by atoms with E-state index >= 15 is 0 Å².